The van der Waals surface area contributed by atoms with Gasteiger partial charge in [0.15, 0.2) is 5.65 Å². The maximum Gasteiger partial charge on any atom is 0.333 e. The van der Waals surface area contributed by atoms with Crippen molar-refractivity contribution in [2.24, 2.45) is 0 Å². The molecule has 0 saturated carbocycles. The zero-order valence-electron chi connectivity index (χ0n) is 18.8. The fourth-order valence-electron chi connectivity index (χ4n) is 3.45. The number of benzene rings is 1. The van der Waals surface area contributed by atoms with Crippen molar-refractivity contribution in [1.29, 1.82) is 0 Å². The summed E-state index contributed by atoms with van der Waals surface area (Å²) in [6.07, 6.45) is 3.26. The number of aromatic nitrogens is 6. The molecule has 5 aromatic rings. The fourth-order valence-corrected chi connectivity index (χ4v) is 3.95. The van der Waals surface area contributed by atoms with Gasteiger partial charge in [0.05, 0.1) is 11.2 Å². The summed E-state index contributed by atoms with van der Waals surface area (Å²) in [5.41, 5.74) is 5.76. The van der Waals surface area contributed by atoms with Crippen LogP contribution >= 0.6 is 0 Å². The van der Waals surface area contributed by atoms with E-state index < -0.39 is 19.8 Å². The van der Waals surface area contributed by atoms with Crippen LogP contribution in [0.15, 0.2) is 67.0 Å². The molecule has 5 rings (SSSR count). The van der Waals surface area contributed by atoms with Crippen molar-refractivity contribution in [3.8, 4) is 22.7 Å². The summed E-state index contributed by atoms with van der Waals surface area (Å²) < 4.78 is 32.3. The summed E-state index contributed by atoms with van der Waals surface area (Å²) in [5.74, 6) is -0.856. The van der Waals surface area contributed by atoms with Crippen LogP contribution < -0.4 is 0 Å². The van der Waals surface area contributed by atoms with E-state index in [0.29, 0.717) is 22.3 Å². The molecular weight excluding hydrogens is 450 g/mol. The van der Waals surface area contributed by atoms with Crippen LogP contribution in [0.5, 0.6) is 0 Å². The molecule has 0 atom stereocenters. The summed E-state index contributed by atoms with van der Waals surface area (Å²) in [6, 6.07) is 14.7. The van der Waals surface area contributed by atoms with Gasteiger partial charge in [-0.05, 0) is 42.5 Å². The number of fused-ring (bicyclic) bond motifs is 2. The second kappa shape index (κ2) is 8.08. The van der Waals surface area contributed by atoms with Crippen LogP contribution in [0.4, 0.5) is 8.78 Å². The van der Waals surface area contributed by atoms with Gasteiger partial charge in [-0.3, -0.25) is 4.98 Å². The van der Waals surface area contributed by atoms with Crippen molar-refractivity contribution in [2.45, 2.75) is 25.6 Å². The van der Waals surface area contributed by atoms with Gasteiger partial charge in [0.1, 0.15) is 13.8 Å². The van der Waals surface area contributed by atoms with E-state index in [1.165, 1.54) is 12.1 Å². The molecule has 0 aliphatic heterocycles. The Hall–Kier alpha value is -4.03. The lowest BCUT2D eigenvalue weighted by molar-refractivity contribution is 0.0307. The van der Waals surface area contributed by atoms with Crippen molar-refractivity contribution in [1.82, 2.24) is 29.8 Å². The SMILES string of the molecule is C[Si](C)(C)C#Cc1cc(-c2ccc3nnc(C(F)(F)c4ccc5ncccc5c4)n3n2)ccn1. The molecule has 0 bridgehead atoms. The molecule has 0 aliphatic carbocycles. The molecular formula is C25H20F2N6Si. The third-order valence-electron chi connectivity index (χ3n) is 5.13. The van der Waals surface area contributed by atoms with Crippen LogP contribution in [0.25, 0.3) is 27.8 Å². The predicted molar refractivity (Wildman–Crippen MR) is 129 cm³/mol. The molecule has 34 heavy (non-hydrogen) atoms. The first kappa shape index (κ1) is 21.8. The lowest BCUT2D eigenvalue weighted by Crippen LogP contribution is -2.20. The van der Waals surface area contributed by atoms with Crippen molar-refractivity contribution in [3.05, 3.63) is 84.1 Å². The summed E-state index contributed by atoms with van der Waals surface area (Å²) in [7, 11) is -1.57. The summed E-state index contributed by atoms with van der Waals surface area (Å²) >= 11 is 0. The minimum absolute atomic E-state index is 0.206. The summed E-state index contributed by atoms with van der Waals surface area (Å²) in [6.45, 7) is 6.46. The summed E-state index contributed by atoms with van der Waals surface area (Å²) in [4.78, 5) is 8.50. The third kappa shape index (κ3) is 4.15. The normalized spacial score (nSPS) is 12.0. The Bertz CT molecular complexity index is 1590. The highest BCUT2D eigenvalue weighted by molar-refractivity contribution is 6.83. The van der Waals surface area contributed by atoms with Gasteiger partial charge >= 0.3 is 5.92 Å². The number of rotatable bonds is 3. The average Bonchev–Trinajstić information content (AvgIpc) is 3.26. The fraction of sp³-hybridized carbons (Fsp3) is 0.160. The van der Waals surface area contributed by atoms with Gasteiger partial charge in [-0.15, -0.1) is 15.7 Å². The Morgan fingerprint density at radius 1 is 0.912 bits per heavy atom. The molecule has 6 nitrogen and oxygen atoms in total. The van der Waals surface area contributed by atoms with Gasteiger partial charge in [0, 0.05) is 28.9 Å². The van der Waals surface area contributed by atoms with Crippen LogP contribution in [0, 0.1) is 11.5 Å². The van der Waals surface area contributed by atoms with Crippen LogP contribution in [-0.4, -0.2) is 37.9 Å². The molecule has 0 radical (unpaired) electrons. The van der Waals surface area contributed by atoms with Crippen LogP contribution in [-0.2, 0) is 5.92 Å². The topological polar surface area (TPSA) is 68.9 Å². The van der Waals surface area contributed by atoms with Crippen molar-refractivity contribution < 1.29 is 8.78 Å². The molecule has 4 heterocycles. The molecule has 0 amide bonds. The van der Waals surface area contributed by atoms with Gasteiger partial charge in [0.2, 0.25) is 5.82 Å². The van der Waals surface area contributed by atoms with E-state index in [4.69, 9.17) is 0 Å². The minimum Gasteiger partial charge on any atom is -0.256 e. The first-order chi connectivity index (χ1) is 16.2. The van der Waals surface area contributed by atoms with E-state index in [1.807, 2.05) is 0 Å². The van der Waals surface area contributed by atoms with Crippen LogP contribution in [0.1, 0.15) is 17.1 Å². The molecule has 0 N–H and O–H groups in total. The van der Waals surface area contributed by atoms with E-state index in [9.17, 15) is 0 Å². The van der Waals surface area contributed by atoms with Gasteiger partial charge in [0.25, 0.3) is 0 Å². The molecule has 0 spiro atoms. The van der Waals surface area contributed by atoms with Crippen molar-refractivity contribution >= 4 is 24.6 Å². The Balaban J connectivity index is 1.57. The Morgan fingerprint density at radius 2 is 1.76 bits per heavy atom. The summed E-state index contributed by atoms with van der Waals surface area (Å²) in [5, 5.41) is 12.8. The number of hydrogen-bond acceptors (Lipinski definition) is 5. The van der Waals surface area contributed by atoms with Gasteiger partial charge in [-0.1, -0.05) is 37.7 Å². The van der Waals surface area contributed by atoms with Gasteiger partial charge < -0.3 is 0 Å². The average molecular weight is 471 g/mol. The lowest BCUT2D eigenvalue weighted by atomic mass is 10.0. The second-order valence-corrected chi connectivity index (χ2v) is 13.7. The van der Waals surface area contributed by atoms with Crippen molar-refractivity contribution in [3.63, 3.8) is 0 Å². The zero-order valence-corrected chi connectivity index (χ0v) is 19.8. The van der Waals surface area contributed by atoms with E-state index in [-0.39, 0.29) is 11.2 Å². The van der Waals surface area contributed by atoms with E-state index in [2.05, 4.69) is 56.4 Å². The Morgan fingerprint density at radius 3 is 2.59 bits per heavy atom. The van der Waals surface area contributed by atoms with E-state index in [1.54, 1.807) is 54.9 Å². The maximum absolute atomic E-state index is 15.6. The highest BCUT2D eigenvalue weighted by atomic mass is 28.3. The second-order valence-electron chi connectivity index (χ2n) is 8.93. The van der Waals surface area contributed by atoms with Gasteiger partial charge in [-0.25, -0.2) is 4.98 Å². The molecule has 0 saturated heterocycles. The van der Waals surface area contributed by atoms with Crippen molar-refractivity contribution in [2.75, 3.05) is 0 Å². The highest BCUT2D eigenvalue weighted by Crippen LogP contribution is 2.36. The lowest BCUT2D eigenvalue weighted by Gasteiger charge is -2.15. The highest BCUT2D eigenvalue weighted by Gasteiger charge is 2.40. The molecule has 0 aliphatic rings. The number of hydrogen-bond donors (Lipinski definition) is 0. The number of halogens is 2. The minimum atomic E-state index is -3.42. The van der Waals surface area contributed by atoms with Crippen LogP contribution in [0.2, 0.25) is 19.6 Å². The number of pyridine rings is 2. The Kier molecular flexibility index (Phi) is 5.18. The van der Waals surface area contributed by atoms with E-state index >= 15 is 8.78 Å². The standard InChI is InChI=1S/C25H20F2N6Si/c1-34(2,3)14-11-20-16-18(10-13-28-20)22-8-9-23-30-31-24(33(23)32-22)25(26,27)19-6-7-21-17(15-19)5-4-12-29-21/h4-10,12-13,15-16H,1-3H3. The molecule has 9 heteroatoms. The Labute approximate surface area is 195 Å². The number of alkyl halides is 2. The molecule has 168 valence electrons. The smallest absolute Gasteiger partial charge is 0.256 e. The van der Waals surface area contributed by atoms with Crippen LogP contribution in [0.3, 0.4) is 0 Å². The molecule has 0 fully saturated rings. The maximum atomic E-state index is 15.6. The molecule has 4 aromatic heterocycles. The zero-order chi connectivity index (χ0) is 23.9. The monoisotopic (exact) mass is 470 g/mol. The van der Waals surface area contributed by atoms with Gasteiger partial charge in [-0.2, -0.15) is 18.4 Å². The number of nitrogens with zero attached hydrogens (tertiary/aromatic N) is 6. The largest absolute Gasteiger partial charge is 0.333 e. The molecule has 1 aromatic carbocycles. The molecule has 0 unspecified atom stereocenters. The predicted octanol–water partition coefficient (Wildman–Crippen LogP) is 5.10. The first-order valence-electron chi connectivity index (χ1n) is 10.7. The quantitative estimate of drug-likeness (QED) is 0.271. The third-order valence-corrected chi connectivity index (χ3v) is 6.01. The van der Waals surface area contributed by atoms with E-state index in [0.717, 1.165) is 10.1 Å². The first-order valence-corrected chi connectivity index (χ1v) is 14.2.